The Labute approximate surface area is 114 Å². The number of aromatic nitrogens is 2. The predicted octanol–water partition coefficient (Wildman–Crippen LogP) is 0.986. The van der Waals surface area contributed by atoms with Gasteiger partial charge >= 0.3 is 0 Å². The highest BCUT2D eigenvalue weighted by molar-refractivity contribution is 5.91. The van der Waals surface area contributed by atoms with Crippen LogP contribution < -0.4 is 0 Å². The molecule has 1 saturated heterocycles. The SMILES string of the molecule is CC(C)N1CCN(C(=O)/C=C/c2cnn(C)c2)CC1. The molecule has 1 aliphatic rings. The van der Waals surface area contributed by atoms with Crippen LogP contribution in [0.15, 0.2) is 18.5 Å². The van der Waals surface area contributed by atoms with E-state index in [9.17, 15) is 4.79 Å². The third kappa shape index (κ3) is 3.67. The fraction of sp³-hybridized carbons (Fsp3) is 0.571. The van der Waals surface area contributed by atoms with Crippen LogP contribution in [0, 0.1) is 0 Å². The molecule has 0 N–H and O–H groups in total. The van der Waals surface area contributed by atoms with Crippen LogP contribution in [0.4, 0.5) is 0 Å². The summed E-state index contributed by atoms with van der Waals surface area (Å²) in [6.45, 7) is 7.94. The van der Waals surface area contributed by atoms with E-state index in [4.69, 9.17) is 0 Å². The Hall–Kier alpha value is -1.62. The topological polar surface area (TPSA) is 41.4 Å². The van der Waals surface area contributed by atoms with E-state index in [-0.39, 0.29) is 5.91 Å². The van der Waals surface area contributed by atoms with E-state index in [1.54, 1.807) is 17.0 Å². The smallest absolute Gasteiger partial charge is 0.246 e. The fourth-order valence-corrected chi connectivity index (χ4v) is 2.26. The first-order valence-corrected chi connectivity index (χ1v) is 6.76. The van der Waals surface area contributed by atoms with E-state index in [2.05, 4.69) is 23.8 Å². The van der Waals surface area contributed by atoms with Crippen LogP contribution in [0.2, 0.25) is 0 Å². The molecule has 0 saturated carbocycles. The molecule has 0 aliphatic carbocycles. The van der Waals surface area contributed by atoms with Gasteiger partial charge < -0.3 is 4.90 Å². The van der Waals surface area contributed by atoms with Gasteiger partial charge in [0.05, 0.1) is 6.20 Å². The Morgan fingerprint density at radius 1 is 1.32 bits per heavy atom. The standard InChI is InChI=1S/C14H22N4O/c1-12(2)17-6-8-18(9-7-17)14(19)5-4-13-10-15-16(3)11-13/h4-5,10-12H,6-9H2,1-3H3/b5-4+. The van der Waals surface area contributed by atoms with Crippen LogP contribution in [-0.4, -0.2) is 57.7 Å². The Morgan fingerprint density at radius 3 is 2.53 bits per heavy atom. The summed E-state index contributed by atoms with van der Waals surface area (Å²) in [5.74, 6) is 0.0901. The fourth-order valence-electron chi connectivity index (χ4n) is 2.26. The third-order valence-corrected chi connectivity index (χ3v) is 3.50. The molecule has 104 valence electrons. The number of carbonyl (C=O) groups is 1. The van der Waals surface area contributed by atoms with Crippen molar-refractivity contribution in [2.24, 2.45) is 7.05 Å². The zero-order valence-corrected chi connectivity index (χ0v) is 11.9. The van der Waals surface area contributed by atoms with Crippen molar-refractivity contribution in [2.45, 2.75) is 19.9 Å². The molecule has 0 spiro atoms. The van der Waals surface area contributed by atoms with Crippen LogP contribution in [0.5, 0.6) is 0 Å². The van der Waals surface area contributed by atoms with Crippen LogP contribution >= 0.6 is 0 Å². The van der Waals surface area contributed by atoms with Gasteiger partial charge in [0, 0.05) is 57.1 Å². The first-order chi connectivity index (χ1) is 9.06. The summed E-state index contributed by atoms with van der Waals surface area (Å²) >= 11 is 0. The number of hydrogen-bond acceptors (Lipinski definition) is 3. The minimum Gasteiger partial charge on any atom is -0.337 e. The van der Waals surface area contributed by atoms with Crippen molar-refractivity contribution in [1.82, 2.24) is 19.6 Å². The molecule has 0 atom stereocenters. The number of hydrogen-bond donors (Lipinski definition) is 0. The summed E-state index contributed by atoms with van der Waals surface area (Å²) in [5.41, 5.74) is 0.955. The Morgan fingerprint density at radius 2 is 2.00 bits per heavy atom. The summed E-state index contributed by atoms with van der Waals surface area (Å²) < 4.78 is 1.73. The monoisotopic (exact) mass is 262 g/mol. The third-order valence-electron chi connectivity index (χ3n) is 3.50. The number of carbonyl (C=O) groups excluding carboxylic acids is 1. The second-order valence-electron chi connectivity index (χ2n) is 5.24. The van der Waals surface area contributed by atoms with E-state index >= 15 is 0 Å². The lowest BCUT2D eigenvalue weighted by Crippen LogP contribution is -2.50. The van der Waals surface area contributed by atoms with E-state index in [0.29, 0.717) is 6.04 Å². The second kappa shape index (κ2) is 6.02. The van der Waals surface area contributed by atoms with Gasteiger partial charge in [0.25, 0.3) is 0 Å². The van der Waals surface area contributed by atoms with Crippen molar-refractivity contribution in [3.63, 3.8) is 0 Å². The lowest BCUT2D eigenvalue weighted by molar-refractivity contribution is -0.127. The highest BCUT2D eigenvalue weighted by atomic mass is 16.2. The molecule has 1 aromatic rings. The summed E-state index contributed by atoms with van der Waals surface area (Å²) in [6, 6.07) is 0.559. The average molecular weight is 262 g/mol. The molecule has 1 aromatic heterocycles. The lowest BCUT2D eigenvalue weighted by atomic mass is 10.2. The molecule has 1 amide bonds. The summed E-state index contributed by atoms with van der Waals surface area (Å²) in [6.07, 6.45) is 7.10. The second-order valence-corrected chi connectivity index (χ2v) is 5.24. The number of aryl methyl sites for hydroxylation is 1. The van der Waals surface area contributed by atoms with E-state index < -0.39 is 0 Å². The number of piperazine rings is 1. The van der Waals surface area contributed by atoms with Crippen molar-refractivity contribution >= 4 is 12.0 Å². The molecule has 1 aliphatic heterocycles. The molecule has 19 heavy (non-hydrogen) atoms. The minimum atomic E-state index is 0.0901. The van der Waals surface area contributed by atoms with Crippen molar-refractivity contribution in [2.75, 3.05) is 26.2 Å². The summed E-state index contributed by atoms with van der Waals surface area (Å²) in [4.78, 5) is 16.4. The Balaban J connectivity index is 1.86. The zero-order valence-electron chi connectivity index (χ0n) is 11.9. The quantitative estimate of drug-likeness (QED) is 0.763. The number of rotatable bonds is 3. The molecule has 2 rings (SSSR count). The number of amides is 1. The molecule has 0 unspecified atom stereocenters. The van der Waals surface area contributed by atoms with E-state index in [0.717, 1.165) is 31.7 Å². The van der Waals surface area contributed by atoms with Gasteiger partial charge in [-0.05, 0) is 19.9 Å². The lowest BCUT2D eigenvalue weighted by Gasteiger charge is -2.36. The minimum absolute atomic E-state index is 0.0901. The van der Waals surface area contributed by atoms with Crippen LogP contribution in [-0.2, 0) is 11.8 Å². The van der Waals surface area contributed by atoms with Crippen LogP contribution in [0.3, 0.4) is 0 Å². The van der Waals surface area contributed by atoms with Crippen molar-refractivity contribution in [3.8, 4) is 0 Å². The maximum Gasteiger partial charge on any atom is 0.246 e. The highest BCUT2D eigenvalue weighted by Crippen LogP contribution is 2.07. The first kappa shape index (κ1) is 13.8. The van der Waals surface area contributed by atoms with Gasteiger partial charge in [0.2, 0.25) is 5.91 Å². The number of nitrogens with zero attached hydrogens (tertiary/aromatic N) is 4. The molecule has 2 heterocycles. The van der Waals surface area contributed by atoms with Crippen LogP contribution in [0.25, 0.3) is 6.08 Å². The van der Waals surface area contributed by atoms with E-state index in [1.807, 2.05) is 24.2 Å². The molecular formula is C14H22N4O. The maximum atomic E-state index is 12.0. The van der Waals surface area contributed by atoms with Crippen molar-refractivity contribution < 1.29 is 4.79 Å². The van der Waals surface area contributed by atoms with Gasteiger partial charge in [0.1, 0.15) is 0 Å². The predicted molar refractivity (Wildman–Crippen MR) is 75.5 cm³/mol. The largest absolute Gasteiger partial charge is 0.337 e. The molecule has 5 heteroatoms. The zero-order chi connectivity index (χ0) is 13.8. The molecular weight excluding hydrogens is 240 g/mol. The highest BCUT2D eigenvalue weighted by Gasteiger charge is 2.20. The summed E-state index contributed by atoms with van der Waals surface area (Å²) in [5, 5.41) is 4.07. The van der Waals surface area contributed by atoms with Crippen LogP contribution in [0.1, 0.15) is 19.4 Å². The van der Waals surface area contributed by atoms with Gasteiger partial charge in [-0.2, -0.15) is 5.10 Å². The van der Waals surface area contributed by atoms with Gasteiger partial charge in [-0.1, -0.05) is 0 Å². The molecule has 1 fully saturated rings. The van der Waals surface area contributed by atoms with Gasteiger partial charge in [0.15, 0.2) is 0 Å². The average Bonchev–Trinajstić information content (AvgIpc) is 2.82. The normalized spacial score (nSPS) is 17.6. The van der Waals surface area contributed by atoms with Crippen molar-refractivity contribution in [1.29, 1.82) is 0 Å². The molecule has 5 nitrogen and oxygen atoms in total. The Bertz CT molecular complexity index is 456. The van der Waals surface area contributed by atoms with Gasteiger partial charge in [-0.3, -0.25) is 14.4 Å². The van der Waals surface area contributed by atoms with E-state index in [1.165, 1.54) is 0 Å². The maximum absolute atomic E-state index is 12.0. The summed E-state index contributed by atoms with van der Waals surface area (Å²) in [7, 11) is 1.87. The molecule has 0 radical (unpaired) electrons. The molecule has 0 bridgehead atoms. The van der Waals surface area contributed by atoms with Gasteiger partial charge in [-0.25, -0.2) is 0 Å². The molecule has 0 aromatic carbocycles. The van der Waals surface area contributed by atoms with Crippen molar-refractivity contribution in [3.05, 3.63) is 24.0 Å². The first-order valence-electron chi connectivity index (χ1n) is 6.76. The van der Waals surface area contributed by atoms with Gasteiger partial charge in [-0.15, -0.1) is 0 Å². The Kier molecular flexibility index (Phi) is 4.37.